The lowest BCUT2D eigenvalue weighted by Crippen LogP contribution is -2.18. The maximum Gasteiger partial charge on any atom is 0.272 e. The van der Waals surface area contributed by atoms with Gasteiger partial charge in [-0.25, -0.2) is 10.9 Å². The number of hydrogen-bond acceptors (Lipinski definition) is 10. The third-order valence-electron chi connectivity index (χ3n) is 4.52. The van der Waals surface area contributed by atoms with E-state index in [4.69, 9.17) is 11.5 Å². The van der Waals surface area contributed by atoms with Gasteiger partial charge >= 0.3 is 0 Å². The number of non-ortho nitro benzene ring substituents is 2. The van der Waals surface area contributed by atoms with Crippen molar-refractivity contribution in [1.29, 1.82) is 0 Å². The molecule has 0 radical (unpaired) electrons. The summed E-state index contributed by atoms with van der Waals surface area (Å²) in [5, 5.41) is 29.4. The summed E-state index contributed by atoms with van der Waals surface area (Å²) in [6.45, 7) is 0. The van der Waals surface area contributed by atoms with Crippen LogP contribution in [-0.2, 0) is 0 Å². The molecule has 3 rings (SSSR count). The summed E-state index contributed by atoms with van der Waals surface area (Å²) in [6, 6.07) is 13.7. The molecule has 0 atom stereocenters. The maximum absolute atomic E-state index is 12.2. The third-order valence-corrected chi connectivity index (χ3v) is 4.52. The molecule has 0 aliphatic carbocycles. The first-order valence-electron chi connectivity index (χ1n) is 9.99. The standard InChI is InChI=1S/C22H18N8O6/c23-17-5-15(7-19(9-17)29(33)34)21(31)27-25-11-13-1-2-14(4-3-13)12-26-28-22(32)16-6-18(24)10-20(8-16)30(35)36/h1-12H,23-24H2,(H,27,31)(H,28,32)/b25-11-,26-12+. The van der Waals surface area contributed by atoms with Gasteiger partial charge in [-0.15, -0.1) is 0 Å². The van der Waals surface area contributed by atoms with Crippen LogP contribution in [0.5, 0.6) is 0 Å². The van der Waals surface area contributed by atoms with E-state index in [1.807, 2.05) is 0 Å². The molecule has 3 aromatic rings. The molecule has 36 heavy (non-hydrogen) atoms. The highest BCUT2D eigenvalue weighted by Crippen LogP contribution is 2.19. The molecule has 6 N–H and O–H groups in total. The lowest BCUT2D eigenvalue weighted by molar-refractivity contribution is -0.385. The number of amides is 2. The first-order valence-corrected chi connectivity index (χ1v) is 9.99. The summed E-state index contributed by atoms with van der Waals surface area (Å²) in [5.41, 5.74) is 16.4. The lowest BCUT2D eigenvalue weighted by Gasteiger charge is -2.02. The van der Waals surface area contributed by atoms with Crippen LogP contribution in [0.4, 0.5) is 22.7 Å². The summed E-state index contributed by atoms with van der Waals surface area (Å²) in [6.07, 6.45) is 2.71. The van der Waals surface area contributed by atoms with Crippen molar-refractivity contribution >= 4 is 47.0 Å². The number of nitrogens with one attached hydrogen (secondary N) is 2. The molecule has 0 aliphatic heterocycles. The molecule has 2 amide bonds. The number of nitrogen functional groups attached to an aromatic ring is 2. The number of carbonyl (C=O) groups is 2. The Labute approximate surface area is 202 Å². The number of nitrogens with zero attached hydrogens (tertiary/aromatic N) is 4. The molecule has 0 spiro atoms. The van der Waals surface area contributed by atoms with E-state index >= 15 is 0 Å². The van der Waals surface area contributed by atoms with E-state index in [1.54, 1.807) is 24.3 Å². The first-order chi connectivity index (χ1) is 17.1. The molecule has 0 bridgehead atoms. The summed E-state index contributed by atoms with van der Waals surface area (Å²) in [5.74, 6) is -1.35. The summed E-state index contributed by atoms with van der Waals surface area (Å²) < 4.78 is 0. The van der Waals surface area contributed by atoms with Crippen molar-refractivity contribution in [3.8, 4) is 0 Å². The van der Waals surface area contributed by atoms with Crippen LogP contribution in [0.15, 0.2) is 70.9 Å². The number of hydrazone groups is 2. The fourth-order valence-corrected chi connectivity index (χ4v) is 2.87. The quantitative estimate of drug-likeness (QED) is 0.158. The predicted molar refractivity (Wildman–Crippen MR) is 132 cm³/mol. The Morgan fingerprint density at radius 1 is 0.694 bits per heavy atom. The van der Waals surface area contributed by atoms with Gasteiger partial charge in [-0.05, 0) is 23.3 Å². The second-order valence-electron chi connectivity index (χ2n) is 7.21. The highest BCUT2D eigenvalue weighted by atomic mass is 16.6. The Kier molecular flexibility index (Phi) is 7.61. The van der Waals surface area contributed by atoms with Crippen LogP contribution in [-0.4, -0.2) is 34.1 Å². The van der Waals surface area contributed by atoms with Crippen LogP contribution in [0, 0.1) is 20.2 Å². The molecule has 182 valence electrons. The molecule has 0 saturated heterocycles. The van der Waals surface area contributed by atoms with Crippen molar-refractivity contribution in [3.05, 3.63) is 103 Å². The van der Waals surface area contributed by atoms with Gasteiger partial charge in [-0.3, -0.25) is 29.8 Å². The van der Waals surface area contributed by atoms with Gasteiger partial charge in [0.2, 0.25) is 0 Å². The predicted octanol–water partition coefficient (Wildman–Crippen LogP) is 2.20. The molecule has 0 fully saturated rings. The van der Waals surface area contributed by atoms with Crippen LogP contribution in [0.3, 0.4) is 0 Å². The molecule has 0 unspecified atom stereocenters. The van der Waals surface area contributed by atoms with Crippen molar-refractivity contribution in [3.63, 3.8) is 0 Å². The Balaban J connectivity index is 1.57. The van der Waals surface area contributed by atoms with Crippen LogP contribution in [0.1, 0.15) is 31.8 Å². The zero-order valence-corrected chi connectivity index (χ0v) is 18.3. The van der Waals surface area contributed by atoms with Gasteiger partial charge in [0, 0.05) is 35.6 Å². The summed E-state index contributed by atoms with van der Waals surface area (Å²) in [7, 11) is 0. The number of anilines is 2. The number of hydrogen-bond donors (Lipinski definition) is 4. The monoisotopic (exact) mass is 490 g/mol. The minimum Gasteiger partial charge on any atom is -0.399 e. The zero-order chi connectivity index (χ0) is 26.2. The fraction of sp³-hybridized carbons (Fsp3) is 0. The molecule has 14 heteroatoms. The molecular weight excluding hydrogens is 472 g/mol. The molecule has 0 heterocycles. The van der Waals surface area contributed by atoms with Crippen molar-refractivity contribution in [2.75, 3.05) is 11.5 Å². The van der Waals surface area contributed by atoms with Gasteiger partial charge in [-0.2, -0.15) is 10.2 Å². The highest BCUT2D eigenvalue weighted by molar-refractivity contribution is 5.97. The number of carbonyl (C=O) groups excluding carboxylic acids is 2. The maximum atomic E-state index is 12.2. The number of nitro groups is 2. The van der Waals surface area contributed by atoms with E-state index in [0.29, 0.717) is 11.1 Å². The van der Waals surface area contributed by atoms with E-state index in [-0.39, 0.29) is 33.9 Å². The largest absolute Gasteiger partial charge is 0.399 e. The van der Waals surface area contributed by atoms with Gasteiger partial charge in [0.25, 0.3) is 23.2 Å². The summed E-state index contributed by atoms with van der Waals surface area (Å²) >= 11 is 0. The minimum absolute atomic E-state index is 0.0137. The molecule has 0 saturated carbocycles. The Morgan fingerprint density at radius 3 is 1.39 bits per heavy atom. The Bertz CT molecular complexity index is 1300. The zero-order valence-electron chi connectivity index (χ0n) is 18.3. The van der Waals surface area contributed by atoms with Crippen molar-refractivity contribution in [2.45, 2.75) is 0 Å². The lowest BCUT2D eigenvalue weighted by atomic mass is 10.1. The number of benzene rings is 3. The van der Waals surface area contributed by atoms with Crippen molar-refractivity contribution in [1.82, 2.24) is 10.9 Å². The van der Waals surface area contributed by atoms with Crippen LogP contribution in [0.2, 0.25) is 0 Å². The third kappa shape index (κ3) is 6.67. The molecule has 14 nitrogen and oxygen atoms in total. The first kappa shape index (κ1) is 25.0. The second kappa shape index (κ2) is 11.0. The Hall–Kier alpha value is -5.66. The van der Waals surface area contributed by atoms with Gasteiger partial charge < -0.3 is 11.5 Å². The molecular formula is C22H18N8O6. The fourth-order valence-electron chi connectivity index (χ4n) is 2.87. The average molecular weight is 490 g/mol. The van der Waals surface area contributed by atoms with E-state index in [2.05, 4.69) is 21.1 Å². The number of nitro benzene ring substituents is 2. The normalized spacial score (nSPS) is 10.9. The van der Waals surface area contributed by atoms with E-state index in [9.17, 15) is 29.8 Å². The van der Waals surface area contributed by atoms with Gasteiger partial charge in [0.1, 0.15) is 0 Å². The van der Waals surface area contributed by atoms with Crippen LogP contribution >= 0.6 is 0 Å². The van der Waals surface area contributed by atoms with E-state index in [1.165, 1.54) is 24.6 Å². The van der Waals surface area contributed by atoms with Gasteiger partial charge in [0.05, 0.1) is 33.4 Å². The molecule has 0 aliphatic rings. The molecule has 0 aromatic heterocycles. The number of rotatable bonds is 8. The van der Waals surface area contributed by atoms with Crippen molar-refractivity contribution in [2.24, 2.45) is 10.2 Å². The molecule has 3 aromatic carbocycles. The van der Waals surface area contributed by atoms with Crippen LogP contribution in [0.25, 0.3) is 0 Å². The smallest absolute Gasteiger partial charge is 0.272 e. The minimum atomic E-state index is -0.674. The number of nitrogens with two attached hydrogens (primary N) is 2. The van der Waals surface area contributed by atoms with Gasteiger partial charge in [-0.1, -0.05) is 24.3 Å². The Morgan fingerprint density at radius 2 is 1.06 bits per heavy atom. The average Bonchev–Trinajstić information content (AvgIpc) is 2.84. The van der Waals surface area contributed by atoms with Crippen LogP contribution < -0.4 is 22.3 Å². The SMILES string of the molecule is Nc1cc(C(=O)N/N=C\c2ccc(/C=N/NC(=O)c3cc(N)cc([N+](=O)[O-])c3)cc2)cc([N+](=O)[O-])c1. The van der Waals surface area contributed by atoms with E-state index < -0.39 is 21.7 Å². The van der Waals surface area contributed by atoms with Gasteiger partial charge in [0.15, 0.2) is 0 Å². The van der Waals surface area contributed by atoms with Crippen molar-refractivity contribution < 1.29 is 19.4 Å². The van der Waals surface area contributed by atoms with E-state index in [0.717, 1.165) is 24.3 Å². The summed E-state index contributed by atoms with van der Waals surface area (Å²) in [4.78, 5) is 44.8. The topological polar surface area (TPSA) is 221 Å². The second-order valence-corrected chi connectivity index (χ2v) is 7.21. The highest BCUT2D eigenvalue weighted by Gasteiger charge is 2.14.